The maximum absolute atomic E-state index is 14.3. The number of amides is 5. The average molecular weight is 1850 g/mol. The lowest BCUT2D eigenvalue weighted by Crippen LogP contribution is -2.48. The van der Waals surface area contributed by atoms with E-state index in [0.29, 0.717) is 61.2 Å². The van der Waals surface area contributed by atoms with E-state index in [0.717, 1.165) is 130 Å². The highest BCUT2D eigenvalue weighted by molar-refractivity contribution is 6.32. The molecule has 13 aromatic rings. The minimum Gasteiger partial charge on any atom is -0.382 e. The molecule has 25 N–H and O–H groups in total. The number of hydrogen-bond acceptors (Lipinski definition) is 37. The quantitative estimate of drug-likeness (QED) is 0.0390. The summed E-state index contributed by atoms with van der Waals surface area (Å²) in [5.74, 6) is -4.33. The molecule has 4 saturated heterocycles. The van der Waals surface area contributed by atoms with Crippen LogP contribution in [0.2, 0.25) is 5.02 Å². The molecule has 5 amide bonds. The van der Waals surface area contributed by atoms with E-state index in [-0.39, 0.29) is 103 Å². The van der Waals surface area contributed by atoms with Crippen LogP contribution in [0.1, 0.15) is 136 Å². The first-order chi connectivity index (χ1) is 64.0. The number of hydrogen-bond donors (Lipinski definition) is 15. The van der Waals surface area contributed by atoms with Gasteiger partial charge in [0.15, 0.2) is 75.1 Å². The summed E-state index contributed by atoms with van der Waals surface area (Å²) in [6.45, 7) is 11.9. The second-order valence-electron chi connectivity index (χ2n) is 32.5. The lowest BCUT2D eigenvalue weighted by molar-refractivity contribution is -0.137. The molecule has 0 spiro atoms. The van der Waals surface area contributed by atoms with Crippen molar-refractivity contribution in [2.45, 2.75) is 101 Å². The molecule has 17 rings (SSSR count). The van der Waals surface area contributed by atoms with Gasteiger partial charge >= 0.3 is 6.18 Å². The van der Waals surface area contributed by atoms with Crippen molar-refractivity contribution in [1.29, 1.82) is 5.26 Å². The monoisotopic (exact) mass is 1850 g/mol. The van der Waals surface area contributed by atoms with Gasteiger partial charge in [0.1, 0.15) is 45.8 Å². The van der Waals surface area contributed by atoms with E-state index < -0.39 is 75.8 Å². The summed E-state index contributed by atoms with van der Waals surface area (Å²) in [7, 11) is 0. The first-order valence-electron chi connectivity index (χ1n) is 41.7. The number of alkyl halides is 3. The molecule has 16 heterocycles. The number of carbonyl (C=O) groups is 5. The zero-order valence-corrected chi connectivity index (χ0v) is 73.0. The van der Waals surface area contributed by atoms with E-state index >= 15 is 0 Å². The minimum atomic E-state index is -4.84. The van der Waals surface area contributed by atoms with Gasteiger partial charge < -0.3 is 103 Å². The van der Waals surface area contributed by atoms with Crippen LogP contribution in [0, 0.1) is 17.1 Å². The van der Waals surface area contributed by atoms with Crippen LogP contribution in [-0.2, 0) is 6.18 Å². The molecule has 4 aliphatic rings. The zero-order valence-electron chi connectivity index (χ0n) is 72.2. The number of halogens is 5. The Morgan fingerprint density at radius 3 is 1.25 bits per heavy atom. The van der Waals surface area contributed by atoms with E-state index in [9.17, 15) is 41.5 Å². The van der Waals surface area contributed by atoms with E-state index in [2.05, 4.69) is 131 Å². The van der Waals surface area contributed by atoms with Crippen LogP contribution in [0.4, 0.5) is 92.8 Å². The van der Waals surface area contributed by atoms with Gasteiger partial charge in [-0.2, -0.15) is 18.4 Å². The van der Waals surface area contributed by atoms with Crippen molar-refractivity contribution < 1.29 is 41.5 Å². The Balaban J connectivity index is 0.000000143. The summed E-state index contributed by atoms with van der Waals surface area (Å²) in [4.78, 5) is 148. The van der Waals surface area contributed by atoms with Gasteiger partial charge in [-0.15, -0.1) is 0 Å². The molecule has 4 aliphatic heterocycles. The van der Waals surface area contributed by atoms with Crippen molar-refractivity contribution in [2.24, 2.45) is 28.7 Å². The number of nitrogens with two attached hydrogens (primary N) is 10. The number of pyridine rings is 4. The molecule has 0 unspecified atom stereocenters. The summed E-state index contributed by atoms with van der Waals surface area (Å²) >= 11 is 6.15. The second-order valence-corrected chi connectivity index (χ2v) is 32.9. The molecule has 0 radical (unpaired) electrons. The molecule has 690 valence electrons. The number of primary amides is 1. The van der Waals surface area contributed by atoms with Gasteiger partial charge in [-0.05, 0) is 133 Å². The Hall–Kier alpha value is -16.2. The number of nitrogen functional groups attached to an aromatic ring is 5. The fraction of sp³-hybridized carbons (Fsp3) is 0.279. The number of carbonyl (C=O) groups excluding carboxylic acids is 5. The van der Waals surface area contributed by atoms with Crippen molar-refractivity contribution in [3.05, 3.63) is 198 Å². The summed E-state index contributed by atoms with van der Waals surface area (Å²) in [6.07, 6.45) is 17.4. The standard InChI is InChI=1S/C23H24N8O.C22H21F3N10O.C21H23FN10O2.C20H23ClN10O/c24-14-7-11-31(12-8-14)19-5-2-9-27-22(19)30-23(32)20-21(25)28-13-18(29-20)15-3-1-4-17-16(15)6-10-26-17;1-21(28)4-7-35(8-5-21)14-3-2-6-29-19(14)34-20(36)17-18(27)31-11-13(32-17)16-12(22(23,24)25)10-30-15(9-26)33-16;1-21(25)4-7-32(8-5-21)13-3-2-6-26-18(13)31-20(34)15-16(23)27-10-12(29-15)14-11(22)9-28-19(30-14)17(24)33;1-20(24)4-7-31(8-5-20)13-3-2-6-25-17(13)30-18(32)15-16(22)26-10-12(28-15)14-11(21)9-27-19(23)29-14/h1-6,9-10,13-14,26H,7-8,11-12,24H2,(H2,25,28)(H,27,30,32);2-3,6,10-11H,4-5,7-8,28H2,1H3,(H2,27,31)(H,29,34,36);2-3,6,9-10H,4-5,7-8,25H2,1H3,(H2,23,27)(H2,24,33)(H,26,31,34);2-3,6,9-10H,4-5,7-8,24H2,1H3,(H2,22,26)(H2,23,27,29)(H,25,30,32). The maximum Gasteiger partial charge on any atom is 0.420 e. The van der Waals surface area contributed by atoms with Gasteiger partial charge in [-0.1, -0.05) is 23.7 Å². The maximum atomic E-state index is 14.3. The molecule has 0 saturated carbocycles. The number of piperidine rings is 4. The number of aromatic amines is 1. The van der Waals surface area contributed by atoms with Crippen molar-refractivity contribution in [1.82, 2.24) is 94.7 Å². The average Bonchev–Trinajstić information content (AvgIpc) is 1.40. The normalized spacial score (nSPS) is 15.1. The highest BCUT2D eigenvalue weighted by Crippen LogP contribution is 2.39. The van der Waals surface area contributed by atoms with E-state index in [1.807, 2.05) is 86.5 Å². The topological polar surface area (TPSA) is 678 Å². The van der Waals surface area contributed by atoms with Gasteiger partial charge in [0, 0.05) is 129 Å². The third-order valence-corrected chi connectivity index (χ3v) is 22.6. The molecule has 0 atom stereocenters. The number of fused-ring (bicyclic) bond motifs is 1. The number of benzene rings is 1. The molecule has 43 nitrogen and oxygen atoms in total. The second kappa shape index (κ2) is 40.0. The van der Waals surface area contributed by atoms with Crippen LogP contribution in [-0.4, -0.2) is 199 Å². The van der Waals surface area contributed by atoms with Gasteiger partial charge in [0.05, 0.1) is 70.6 Å². The van der Waals surface area contributed by atoms with Crippen molar-refractivity contribution in [2.75, 3.05) is 122 Å². The van der Waals surface area contributed by atoms with Crippen LogP contribution in [0.3, 0.4) is 0 Å². The smallest absolute Gasteiger partial charge is 0.382 e. The lowest BCUT2D eigenvalue weighted by Gasteiger charge is -2.38. The van der Waals surface area contributed by atoms with Crippen LogP contribution < -0.4 is 98.2 Å². The van der Waals surface area contributed by atoms with E-state index in [1.165, 1.54) is 18.6 Å². The van der Waals surface area contributed by atoms with E-state index in [1.54, 1.807) is 49.1 Å². The SMILES string of the molecule is CC1(N)CCN(c2cccnc2NC(=O)c2nc(-c3nc(C#N)ncc3C(F)(F)F)cnc2N)CC1.CC1(N)CCN(c2cccnc2NC(=O)c2nc(-c3nc(C(N)=O)ncc3F)cnc2N)CC1.CC1(N)CCN(c2cccnc2NC(=O)c2nc(-c3nc(N)ncc3Cl)cnc2N)CC1.Nc1ncc(-c2cccc3[nH]ccc23)nc1C(=O)Nc1ncccc1N1CCC(N)CC1. The molecular weight excluding hydrogens is 1760 g/mol. The van der Waals surface area contributed by atoms with Crippen molar-refractivity contribution in [3.63, 3.8) is 0 Å². The van der Waals surface area contributed by atoms with Gasteiger partial charge in [-0.3, -0.25) is 24.0 Å². The first-order valence-corrected chi connectivity index (χ1v) is 42.0. The molecular formula is C86H91ClF4N38O5. The van der Waals surface area contributed by atoms with Gasteiger partial charge in [0.2, 0.25) is 17.6 Å². The summed E-state index contributed by atoms with van der Waals surface area (Å²) in [5, 5.41) is 21.2. The predicted octanol–water partition coefficient (Wildman–Crippen LogP) is 7.59. The summed E-state index contributed by atoms with van der Waals surface area (Å²) in [5.41, 5.74) is 60.9. The van der Waals surface area contributed by atoms with Crippen LogP contribution in [0.5, 0.6) is 0 Å². The molecule has 12 aromatic heterocycles. The summed E-state index contributed by atoms with van der Waals surface area (Å²) < 4.78 is 54.9. The number of H-pyrrole nitrogens is 1. The lowest BCUT2D eigenvalue weighted by atomic mass is 9.91. The minimum absolute atomic E-state index is 0.0160. The Morgan fingerprint density at radius 2 is 0.851 bits per heavy atom. The third kappa shape index (κ3) is 22.4. The van der Waals surface area contributed by atoms with Crippen molar-refractivity contribution >= 4 is 127 Å². The fourth-order valence-corrected chi connectivity index (χ4v) is 14.9. The molecule has 0 aliphatic carbocycles. The number of nitrogens with one attached hydrogen (secondary N) is 5. The van der Waals surface area contributed by atoms with Gasteiger partial charge in [-0.25, -0.2) is 94.1 Å². The Bertz CT molecular complexity index is 6600. The number of aromatic nitrogens is 19. The summed E-state index contributed by atoms with van der Waals surface area (Å²) in [6, 6.07) is 24.2. The number of anilines is 13. The third-order valence-electron chi connectivity index (χ3n) is 22.3. The van der Waals surface area contributed by atoms with Crippen molar-refractivity contribution in [3.8, 4) is 51.5 Å². The van der Waals surface area contributed by atoms with Gasteiger partial charge in [0.25, 0.3) is 29.5 Å². The molecule has 0 bridgehead atoms. The number of nitrogens with zero attached hydrogens (tertiary/aromatic N) is 23. The zero-order chi connectivity index (χ0) is 95.5. The largest absolute Gasteiger partial charge is 0.420 e. The highest BCUT2D eigenvalue weighted by Gasteiger charge is 2.38. The van der Waals surface area contributed by atoms with Crippen LogP contribution in [0.15, 0.2) is 147 Å². The molecule has 48 heteroatoms. The Morgan fingerprint density at radius 1 is 0.463 bits per heavy atom. The molecule has 134 heavy (non-hydrogen) atoms. The Kier molecular flexibility index (Phi) is 28.1. The highest BCUT2D eigenvalue weighted by atomic mass is 35.5. The first kappa shape index (κ1) is 93.9. The molecule has 4 fully saturated rings. The van der Waals surface area contributed by atoms with Crippen LogP contribution >= 0.6 is 11.6 Å². The Labute approximate surface area is 766 Å². The molecule has 1 aromatic carbocycles. The predicted molar refractivity (Wildman–Crippen MR) is 494 cm³/mol. The number of nitriles is 1. The van der Waals surface area contributed by atoms with Crippen LogP contribution in [0.25, 0.3) is 56.3 Å². The number of rotatable bonds is 17. The fourth-order valence-electron chi connectivity index (χ4n) is 14.7. The van der Waals surface area contributed by atoms with E-state index in [4.69, 9.17) is 74.2 Å².